The SMILES string of the molecule is CCCCCCCCCCCCCCCC(=O)OCCC[N+](C)(C)CCOCn1cc(C)c([O-])nc1=O. The fraction of sp³-hybridized carbons (Fsp3) is 0.828. The Kier molecular flexibility index (Phi) is 18.0. The fourth-order valence-corrected chi connectivity index (χ4v) is 4.30. The lowest BCUT2D eigenvalue weighted by Crippen LogP contribution is -2.43. The largest absolute Gasteiger partial charge is 0.858 e. The van der Waals surface area contributed by atoms with Gasteiger partial charge in [0.1, 0.15) is 13.3 Å². The van der Waals surface area contributed by atoms with Crippen LogP contribution in [0.25, 0.3) is 0 Å². The van der Waals surface area contributed by atoms with Crippen LogP contribution in [0, 0.1) is 6.92 Å². The van der Waals surface area contributed by atoms with E-state index >= 15 is 0 Å². The van der Waals surface area contributed by atoms with E-state index in [1.807, 2.05) is 0 Å². The van der Waals surface area contributed by atoms with Gasteiger partial charge in [-0.3, -0.25) is 9.36 Å². The minimum atomic E-state index is -0.593. The highest BCUT2D eigenvalue weighted by Crippen LogP contribution is 2.13. The highest BCUT2D eigenvalue weighted by atomic mass is 16.5. The topological polar surface area (TPSA) is 93.5 Å². The third kappa shape index (κ3) is 17.3. The number of aromatic nitrogens is 2. The molecule has 0 radical (unpaired) electrons. The van der Waals surface area contributed by atoms with E-state index in [0.29, 0.717) is 25.2 Å². The van der Waals surface area contributed by atoms with Crippen molar-refractivity contribution in [1.82, 2.24) is 9.55 Å². The lowest BCUT2D eigenvalue weighted by Gasteiger charge is -2.29. The van der Waals surface area contributed by atoms with E-state index in [4.69, 9.17) is 9.47 Å². The highest BCUT2D eigenvalue weighted by Gasteiger charge is 2.15. The van der Waals surface area contributed by atoms with Gasteiger partial charge >= 0.3 is 11.7 Å². The second-order valence-corrected chi connectivity index (χ2v) is 11.0. The summed E-state index contributed by atoms with van der Waals surface area (Å²) in [6.07, 6.45) is 19.7. The molecule has 0 spiro atoms. The molecule has 0 aromatic carbocycles. The zero-order valence-corrected chi connectivity index (χ0v) is 24.1. The van der Waals surface area contributed by atoms with Gasteiger partial charge in [0.25, 0.3) is 0 Å². The number of rotatable bonds is 23. The fourth-order valence-electron chi connectivity index (χ4n) is 4.30. The highest BCUT2D eigenvalue weighted by molar-refractivity contribution is 5.69. The lowest BCUT2D eigenvalue weighted by atomic mass is 10.0. The quantitative estimate of drug-likeness (QED) is 0.113. The van der Waals surface area contributed by atoms with Gasteiger partial charge in [0, 0.05) is 19.0 Å². The Morgan fingerprint density at radius 2 is 1.46 bits per heavy atom. The smallest absolute Gasteiger partial charge is 0.348 e. The van der Waals surface area contributed by atoms with Gasteiger partial charge in [-0.15, -0.1) is 0 Å². The molecule has 8 nitrogen and oxygen atoms in total. The molecule has 0 fully saturated rings. The molecule has 1 aromatic heterocycles. The Balaban J connectivity index is 1.96. The molecule has 1 heterocycles. The first-order valence-electron chi connectivity index (χ1n) is 14.6. The van der Waals surface area contributed by atoms with Gasteiger partial charge in [0.2, 0.25) is 0 Å². The number of quaternary nitrogens is 1. The van der Waals surface area contributed by atoms with Gasteiger partial charge in [-0.1, -0.05) is 84.0 Å². The van der Waals surface area contributed by atoms with Crippen LogP contribution in [0.3, 0.4) is 0 Å². The summed E-state index contributed by atoms with van der Waals surface area (Å²) in [6, 6.07) is 0. The first-order chi connectivity index (χ1) is 17.7. The van der Waals surface area contributed by atoms with Crippen molar-refractivity contribution in [2.75, 3.05) is 40.4 Å². The van der Waals surface area contributed by atoms with E-state index in [0.717, 1.165) is 36.8 Å². The van der Waals surface area contributed by atoms with Crippen molar-refractivity contribution in [1.29, 1.82) is 0 Å². The maximum Gasteiger partial charge on any atom is 0.348 e. The predicted molar refractivity (Wildman–Crippen MR) is 146 cm³/mol. The third-order valence-electron chi connectivity index (χ3n) is 6.86. The molecule has 0 aliphatic rings. The molecule has 0 unspecified atom stereocenters. The molecule has 0 saturated heterocycles. The first kappa shape index (κ1) is 33.1. The minimum Gasteiger partial charge on any atom is -0.858 e. The summed E-state index contributed by atoms with van der Waals surface area (Å²) in [4.78, 5) is 27.2. The average Bonchev–Trinajstić information content (AvgIpc) is 2.85. The van der Waals surface area contributed by atoms with E-state index in [9.17, 15) is 14.7 Å². The summed E-state index contributed by atoms with van der Waals surface area (Å²) in [5.74, 6) is -0.584. The van der Waals surface area contributed by atoms with Gasteiger partial charge in [-0.25, -0.2) is 9.78 Å². The predicted octanol–water partition coefficient (Wildman–Crippen LogP) is 5.09. The van der Waals surface area contributed by atoms with Gasteiger partial charge in [0.15, 0.2) is 0 Å². The Morgan fingerprint density at radius 3 is 2.05 bits per heavy atom. The Labute approximate surface area is 225 Å². The van der Waals surface area contributed by atoms with Crippen molar-refractivity contribution in [2.24, 2.45) is 0 Å². The number of hydrogen-bond donors (Lipinski definition) is 0. The maximum absolute atomic E-state index is 12.0. The molecule has 37 heavy (non-hydrogen) atoms. The molecule has 1 aromatic rings. The standard InChI is InChI=1S/C29H53N3O5/c1-5-6-7-8-9-10-11-12-13-14-15-16-17-19-27(33)37-22-18-20-32(3,4)21-23-36-25-31-24-26(2)28(34)30-29(31)35/h24H,5-23,25H2,1-4H3. The van der Waals surface area contributed by atoms with Crippen molar-refractivity contribution < 1.29 is 23.9 Å². The van der Waals surface area contributed by atoms with E-state index < -0.39 is 11.6 Å². The minimum absolute atomic E-state index is 0.0732. The van der Waals surface area contributed by atoms with E-state index in [-0.39, 0.29) is 12.7 Å². The first-order valence-corrected chi connectivity index (χ1v) is 14.6. The second kappa shape index (κ2) is 20.1. The van der Waals surface area contributed by atoms with Gasteiger partial charge < -0.3 is 19.1 Å². The van der Waals surface area contributed by atoms with Crippen molar-refractivity contribution >= 4 is 5.97 Å². The van der Waals surface area contributed by atoms with E-state index in [2.05, 4.69) is 26.0 Å². The summed E-state index contributed by atoms with van der Waals surface area (Å²) >= 11 is 0. The summed E-state index contributed by atoms with van der Waals surface area (Å²) in [5.41, 5.74) is -0.173. The van der Waals surface area contributed by atoms with Crippen LogP contribution in [0.15, 0.2) is 11.0 Å². The third-order valence-corrected chi connectivity index (χ3v) is 6.86. The zero-order valence-electron chi connectivity index (χ0n) is 24.1. The average molecular weight is 524 g/mol. The van der Waals surface area contributed by atoms with Crippen LogP contribution in [0.1, 0.15) is 109 Å². The van der Waals surface area contributed by atoms with Crippen LogP contribution in [0.4, 0.5) is 0 Å². The number of carbonyl (C=O) groups is 1. The van der Waals surface area contributed by atoms with Crippen LogP contribution < -0.4 is 10.8 Å². The van der Waals surface area contributed by atoms with Gasteiger partial charge in [-0.05, 0) is 24.8 Å². The van der Waals surface area contributed by atoms with Crippen LogP contribution in [0.2, 0.25) is 0 Å². The van der Waals surface area contributed by atoms with Crippen molar-refractivity contribution in [3.05, 3.63) is 22.2 Å². The molecule has 1 rings (SSSR count). The van der Waals surface area contributed by atoms with Crippen LogP contribution in [-0.4, -0.2) is 60.4 Å². The number of carbonyl (C=O) groups excluding carboxylic acids is 1. The number of esters is 1. The Hall–Kier alpha value is -1.93. The maximum atomic E-state index is 12.0. The van der Waals surface area contributed by atoms with Gasteiger partial charge in [0.05, 0.1) is 33.9 Å². The molecule has 0 saturated carbocycles. The monoisotopic (exact) mass is 523 g/mol. The number of hydrogen-bond acceptors (Lipinski definition) is 6. The summed E-state index contributed by atoms with van der Waals surface area (Å²) in [5, 5.41) is 11.4. The second-order valence-electron chi connectivity index (χ2n) is 11.0. The van der Waals surface area contributed by atoms with Crippen LogP contribution in [0.5, 0.6) is 5.88 Å². The summed E-state index contributed by atoms with van der Waals surface area (Å²) in [7, 11) is 4.20. The molecular formula is C29H53N3O5. The normalized spacial score (nSPS) is 11.7. The van der Waals surface area contributed by atoms with E-state index in [1.54, 1.807) is 6.92 Å². The van der Waals surface area contributed by atoms with Crippen molar-refractivity contribution in [3.8, 4) is 5.88 Å². The zero-order chi connectivity index (χ0) is 27.4. The van der Waals surface area contributed by atoms with Gasteiger partial charge in [-0.2, -0.15) is 0 Å². The molecule has 0 aliphatic carbocycles. The Bertz CT molecular complexity index is 794. The molecule has 0 amide bonds. The molecule has 214 valence electrons. The van der Waals surface area contributed by atoms with Crippen molar-refractivity contribution in [2.45, 2.75) is 117 Å². The van der Waals surface area contributed by atoms with Crippen LogP contribution in [-0.2, 0) is 21.0 Å². The summed E-state index contributed by atoms with van der Waals surface area (Å²) < 4.78 is 13.0. The molecule has 8 heteroatoms. The number of likely N-dealkylation sites (N-methyl/N-ethyl adjacent to an activating group) is 1. The number of nitrogens with zero attached hydrogens (tertiary/aromatic N) is 3. The number of ether oxygens (including phenoxy) is 2. The number of unbranched alkanes of at least 4 members (excludes halogenated alkanes) is 12. The molecule has 0 atom stereocenters. The van der Waals surface area contributed by atoms with Crippen LogP contribution >= 0.6 is 0 Å². The molecular weight excluding hydrogens is 470 g/mol. The lowest BCUT2D eigenvalue weighted by molar-refractivity contribution is -0.891. The number of aryl methyl sites for hydroxylation is 1. The Morgan fingerprint density at radius 1 is 0.892 bits per heavy atom. The molecule has 0 bridgehead atoms. The van der Waals surface area contributed by atoms with Crippen molar-refractivity contribution in [3.63, 3.8) is 0 Å². The van der Waals surface area contributed by atoms with E-state index in [1.165, 1.54) is 81.4 Å². The summed E-state index contributed by atoms with van der Waals surface area (Å²) in [6.45, 7) is 6.49. The molecule has 0 aliphatic heterocycles. The molecule has 0 N–H and O–H groups in total.